The van der Waals surface area contributed by atoms with Crippen LogP contribution in [-0.4, -0.2) is 287 Å². The second-order valence-electron chi connectivity index (χ2n) is 30.2. The summed E-state index contributed by atoms with van der Waals surface area (Å²) in [5, 5.41) is 64.6. The molecule has 0 radical (unpaired) electrons. The van der Waals surface area contributed by atoms with E-state index in [1.165, 1.54) is 22.3 Å². The van der Waals surface area contributed by atoms with Gasteiger partial charge in [-0.15, -0.1) is 0 Å². The number of likely N-dealkylation sites (tertiary alicyclic amines) is 3. The van der Waals surface area contributed by atoms with Crippen molar-refractivity contribution in [3.63, 3.8) is 0 Å². The van der Waals surface area contributed by atoms with Gasteiger partial charge >= 0.3 is 0 Å². The fourth-order valence-electron chi connectivity index (χ4n) is 16.5. The van der Waals surface area contributed by atoms with Gasteiger partial charge in [0.1, 0.15) is 53.9 Å². The first-order chi connectivity index (χ1) is 52.2. The van der Waals surface area contributed by atoms with E-state index < -0.39 is 37.8 Å². The highest BCUT2D eigenvalue weighted by atomic mass is 19.1. The molecule has 12 heterocycles. The molecule has 0 aliphatic carbocycles. The van der Waals surface area contributed by atoms with Crippen molar-refractivity contribution in [3.8, 4) is 17.5 Å². The Labute approximate surface area is 629 Å². The minimum absolute atomic E-state index is 0.0191. The van der Waals surface area contributed by atoms with Gasteiger partial charge in [-0.25, -0.2) is 57.1 Å². The Morgan fingerprint density at radius 1 is 0.463 bits per heavy atom. The highest BCUT2D eigenvalue weighted by molar-refractivity contribution is 5.84. The zero-order chi connectivity index (χ0) is 75.9. The van der Waals surface area contributed by atoms with Crippen LogP contribution in [0.4, 0.5) is 30.6 Å². The molecule has 26 nitrogen and oxygen atoms in total. The standard InChI is InChI=1S/C27H37FN6O2.2C26H35FN6O3/c1-4-23-16-33(9-10-36-23)26-13-27(31-19(3)30-26)34-25-12-24(18(2)11-21(25)14-29-34)20-5-7-32(8-6-20)15-22(28)17-35;1-16-8-19-11-28-33(24(19)9-22(16)21-4-5-31(12-17(2)35)14-23(21)27)26-10-25(29-18(3)30-26)32-6-7-36-20(13-32)15-34;1-17-9-20-13-28-33(24(20)10-23(17)19-3-5-31(6-4-19)14-21(35)12-27)26-11-25(29-18(2)30-26)32-7-8-36-22(15-32)16-34/h11-14,20,22-23,35H,4-10,15-17H2,1-3H3;8-11,17,20-21,23,34-35H,4-7,12-15H2,1-3H3;9-11,13,19,21-22,34-35H,3-8,12,14-16H2,1-2H3. The average molecular weight is 1490 g/mol. The van der Waals surface area contributed by atoms with Gasteiger partial charge in [0.25, 0.3) is 0 Å². The molecule has 0 amide bonds. The quantitative estimate of drug-likeness (QED) is 0.0486. The van der Waals surface area contributed by atoms with E-state index in [0.717, 1.165) is 151 Å². The summed E-state index contributed by atoms with van der Waals surface area (Å²) in [5.41, 5.74) is 10.1. The summed E-state index contributed by atoms with van der Waals surface area (Å²) in [7, 11) is 0. The van der Waals surface area contributed by atoms with Gasteiger partial charge in [-0.1, -0.05) is 6.92 Å². The van der Waals surface area contributed by atoms with Crippen molar-refractivity contribution in [1.29, 1.82) is 0 Å². The van der Waals surface area contributed by atoms with Crippen molar-refractivity contribution in [2.45, 2.75) is 155 Å². The SMILES string of the molecule is CCC1CN(c2cc(-n3ncc4cc(C)c(C5CCN(CC(F)CO)CC5)cc43)nc(C)n2)CCO1.Cc1nc(N2CCOC(CO)C2)cc(-n2ncc3cc(C)c(C4CCN(CC(C)O)CC4F)cc32)n1.Cc1nc(N2CCOC(CO)C2)cc(-n2ncc3cc(C)c(C4CCN(CC(O)CF)CC4)cc32)n1. The number of aliphatic hydroxyl groups excluding tert-OH is 5. The predicted molar refractivity (Wildman–Crippen MR) is 410 cm³/mol. The molecule has 8 unspecified atom stereocenters. The third-order valence-electron chi connectivity index (χ3n) is 22.1. The van der Waals surface area contributed by atoms with Crippen LogP contribution in [0.25, 0.3) is 50.2 Å². The number of anilines is 3. The van der Waals surface area contributed by atoms with Gasteiger partial charge in [-0.3, -0.25) is 4.90 Å². The summed E-state index contributed by atoms with van der Waals surface area (Å²) in [4.78, 5) is 40.9. The van der Waals surface area contributed by atoms with Crippen LogP contribution < -0.4 is 14.7 Å². The zero-order valence-corrected chi connectivity index (χ0v) is 63.6. The molecule has 0 spiro atoms. The normalized spacial score (nSPS) is 22.0. The summed E-state index contributed by atoms with van der Waals surface area (Å²) in [6.07, 6.45) is 7.41. The van der Waals surface area contributed by atoms with Gasteiger partial charge in [0.2, 0.25) is 0 Å². The van der Waals surface area contributed by atoms with Crippen LogP contribution in [0.15, 0.2) is 73.2 Å². The number of rotatable bonds is 20. The molecule has 108 heavy (non-hydrogen) atoms. The number of nitrogens with zero attached hydrogens (tertiary/aromatic N) is 18. The Balaban J connectivity index is 0.000000143. The lowest BCUT2D eigenvalue weighted by molar-refractivity contribution is 0.00333. The van der Waals surface area contributed by atoms with Crippen LogP contribution in [0, 0.1) is 41.5 Å². The van der Waals surface area contributed by atoms with E-state index in [1.807, 2.05) is 78.7 Å². The minimum atomic E-state index is -1.17. The number of hydrogen-bond acceptors (Lipinski definition) is 23. The highest BCUT2D eigenvalue weighted by Gasteiger charge is 2.34. The molecule has 3 aromatic carbocycles. The number of morpholine rings is 3. The maximum absolute atomic E-state index is 15.3. The predicted octanol–water partition coefficient (Wildman–Crippen LogP) is 7.84. The number of hydrogen-bond donors (Lipinski definition) is 5. The third-order valence-corrected chi connectivity index (χ3v) is 22.1. The molecule has 9 aromatic rings. The lowest BCUT2D eigenvalue weighted by atomic mass is 9.85. The maximum atomic E-state index is 15.3. The number of halogens is 3. The lowest BCUT2D eigenvalue weighted by Gasteiger charge is -2.36. The molecule has 6 aliphatic rings. The number of alkyl halides is 3. The van der Waals surface area contributed by atoms with E-state index in [1.54, 1.807) is 11.6 Å². The summed E-state index contributed by atoms with van der Waals surface area (Å²) < 4.78 is 64.3. The van der Waals surface area contributed by atoms with Gasteiger partial charge < -0.3 is 64.2 Å². The smallest absolute Gasteiger partial charge is 0.159 e. The molecule has 15 rings (SSSR count). The fourth-order valence-corrected chi connectivity index (χ4v) is 16.5. The second-order valence-corrected chi connectivity index (χ2v) is 30.2. The molecule has 6 aromatic heterocycles. The van der Waals surface area contributed by atoms with Crippen molar-refractivity contribution in [2.24, 2.45) is 0 Å². The Morgan fingerprint density at radius 3 is 1.23 bits per heavy atom. The van der Waals surface area contributed by atoms with Crippen LogP contribution in [0.2, 0.25) is 0 Å². The molecule has 6 aliphatic heterocycles. The number of piperidine rings is 3. The Bertz CT molecular complexity index is 4310. The Morgan fingerprint density at radius 2 is 0.843 bits per heavy atom. The van der Waals surface area contributed by atoms with Crippen molar-refractivity contribution >= 4 is 50.2 Å². The van der Waals surface area contributed by atoms with Crippen LogP contribution in [0.1, 0.15) is 121 Å². The summed E-state index contributed by atoms with van der Waals surface area (Å²) in [5.74, 6) is 7.25. The molecule has 8 atom stereocenters. The van der Waals surface area contributed by atoms with Crippen molar-refractivity contribution in [1.82, 2.24) is 73.9 Å². The van der Waals surface area contributed by atoms with E-state index in [2.05, 4.69) is 107 Å². The molecule has 6 fully saturated rings. The Hall–Kier alpha value is -7.94. The van der Waals surface area contributed by atoms with Crippen LogP contribution in [-0.2, 0) is 14.2 Å². The summed E-state index contributed by atoms with van der Waals surface area (Å²) in [6.45, 7) is 26.3. The molecule has 0 saturated carbocycles. The third kappa shape index (κ3) is 18.4. The van der Waals surface area contributed by atoms with E-state index in [4.69, 9.17) is 39.4 Å². The van der Waals surface area contributed by atoms with E-state index in [9.17, 15) is 29.2 Å². The largest absolute Gasteiger partial charge is 0.394 e. The van der Waals surface area contributed by atoms with E-state index in [-0.39, 0.29) is 37.4 Å². The van der Waals surface area contributed by atoms with Gasteiger partial charge in [0.15, 0.2) is 17.5 Å². The monoisotopic (exact) mass is 1490 g/mol. The topological polar surface area (TPSA) is 279 Å². The van der Waals surface area contributed by atoms with Gasteiger partial charge in [0.05, 0.1) is 105 Å². The van der Waals surface area contributed by atoms with Crippen molar-refractivity contribution in [3.05, 3.63) is 124 Å². The molecular weight excluding hydrogens is 1390 g/mol. The molecule has 6 saturated heterocycles. The molecule has 0 bridgehead atoms. The first-order valence-electron chi connectivity index (χ1n) is 38.5. The average Bonchev–Trinajstić information content (AvgIpc) is 1.57. The number of aryl methyl sites for hydroxylation is 6. The van der Waals surface area contributed by atoms with Gasteiger partial charge in [-0.05, 0) is 201 Å². The van der Waals surface area contributed by atoms with Crippen LogP contribution in [0.3, 0.4) is 0 Å². The maximum Gasteiger partial charge on any atom is 0.159 e. The molecule has 582 valence electrons. The van der Waals surface area contributed by atoms with Gasteiger partial charge in [-0.2, -0.15) is 15.3 Å². The first kappa shape index (κ1) is 78.2. The van der Waals surface area contributed by atoms with E-state index in [0.29, 0.717) is 114 Å². The van der Waals surface area contributed by atoms with Gasteiger partial charge in [0, 0.05) is 106 Å². The van der Waals surface area contributed by atoms with Crippen molar-refractivity contribution in [2.75, 3.05) is 159 Å². The lowest BCUT2D eigenvalue weighted by Crippen LogP contribution is -2.44. The second kappa shape index (κ2) is 35.4. The molecule has 5 N–H and O–H groups in total. The Kier molecular flexibility index (Phi) is 25.6. The minimum Gasteiger partial charge on any atom is -0.394 e. The zero-order valence-electron chi connectivity index (χ0n) is 63.6. The van der Waals surface area contributed by atoms with Crippen LogP contribution in [0.5, 0.6) is 0 Å². The summed E-state index contributed by atoms with van der Waals surface area (Å²) >= 11 is 0. The first-order valence-corrected chi connectivity index (χ1v) is 38.5. The number of aliphatic hydroxyl groups is 5. The number of aromatic nitrogens is 12. The van der Waals surface area contributed by atoms with E-state index >= 15 is 4.39 Å². The number of benzene rings is 3. The van der Waals surface area contributed by atoms with Crippen LogP contribution >= 0.6 is 0 Å². The highest BCUT2D eigenvalue weighted by Crippen LogP contribution is 2.39. The molecule has 29 heteroatoms. The number of fused-ring (bicyclic) bond motifs is 3. The number of β-amino-alcohol motifs (C(OH)–C–C–N with tert-alkyl or cyclic N) is 2. The molecular formula is C79H107F3N18O8. The summed E-state index contributed by atoms with van der Waals surface area (Å²) in [6, 6.07) is 18.9. The fraction of sp³-hybridized carbons (Fsp3) is 0.582. The van der Waals surface area contributed by atoms with Crippen molar-refractivity contribution < 1.29 is 52.9 Å². The number of ether oxygens (including phenoxy) is 3.